The molecule has 0 radical (unpaired) electrons. The lowest BCUT2D eigenvalue weighted by Gasteiger charge is -2.32. The van der Waals surface area contributed by atoms with E-state index in [4.69, 9.17) is 13.8 Å². The third-order valence-electron chi connectivity index (χ3n) is 10.2. The number of hydrogen-bond donors (Lipinski definition) is 2. The van der Waals surface area contributed by atoms with Crippen LogP contribution < -0.4 is 10.6 Å². The van der Waals surface area contributed by atoms with Crippen LogP contribution in [0.15, 0.2) is 165 Å². The predicted molar refractivity (Wildman–Crippen MR) is 210 cm³/mol. The van der Waals surface area contributed by atoms with Gasteiger partial charge in [-0.15, -0.1) is 11.3 Å². The Morgan fingerprint density at radius 3 is 2.08 bits per heavy atom. The normalized spacial score (nSPS) is 16.4. The van der Waals surface area contributed by atoms with Crippen molar-refractivity contribution in [1.29, 1.82) is 0 Å². The second kappa shape index (κ2) is 11.2. The number of nitrogens with one attached hydrogen (secondary N) is 2. The first-order chi connectivity index (χ1) is 25.2. The second-order valence-corrected chi connectivity index (χ2v) is 14.2. The Hall–Kier alpha value is -6.21. The topological polar surface area (TPSA) is 62.7 Å². The number of rotatable bonds is 4. The SMILES string of the molecule is c1ccc(C2NC(c3ccc4sc5c(-c6cccc7c6oc6ccccc67)cccc5c4c3)=NC(c3ccc4c(c3)oc3ccccc34)N2)cc1. The van der Waals surface area contributed by atoms with E-state index < -0.39 is 0 Å². The molecule has 2 unspecified atom stereocenters. The van der Waals surface area contributed by atoms with Gasteiger partial charge in [-0.3, -0.25) is 5.32 Å². The number of fused-ring (bicyclic) bond motifs is 9. The number of para-hydroxylation sites is 3. The molecule has 0 aliphatic carbocycles. The summed E-state index contributed by atoms with van der Waals surface area (Å²) in [4.78, 5) is 5.29. The predicted octanol–water partition coefficient (Wildman–Crippen LogP) is 11.9. The molecule has 0 amide bonds. The number of hydrogen-bond acceptors (Lipinski definition) is 6. The largest absolute Gasteiger partial charge is 0.456 e. The number of furan rings is 2. The van der Waals surface area contributed by atoms with Gasteiger partial charge in [0.05, 0.1) is 0 Å². The smallest absolute Gasteiger partial charge is 0.143 e. The first-order valence-corrected chi connectivity index (χ1v) is 18.0. The van der Waals surface area contributed by atoms with Gasteiger partial charge in [-0.1, -0.05) is 115 Å². The zero-order valence-corrected chi connectivity index (χ0v) is 28.1. The maximum atomic E-state index is 6.46. The fourth-order valence-electron chi connectivity index (χ4n) is 7.72. The van der Waals surface area contributed by atoms with Gasteiger partial charge in [0.25, 0.3) is 0 Å². The summed E-state index contributed by atoms with van der Waals surface area (Å²) in [5.74, 6) is 0.849. The highest BCUT2D eigenvalue weighted by atomic mass is 32.1. The highest BCUT2D eigenvalue weighted by Gasteiger charge is 2.26. The molecule has 51 heavy (non-hydrogen) atoms. The minimum atomic E-state index is -0.283. The van der Waals surface area contributed by atoms with Crippen LogP contribution in [-0.2, 0) is 0 Å². The summed E-state index contributed by atoms with van der Waals surface area (Å²) in [6, 6.07) is 53.2. The van der Waals surface area contributed by atoms with Gasteiger partial charge < -0.3 is 14.2 Å². The first-order valence-electron chi connectivity index (χ1n) is 17.2. The lowest BCUT2D eigenvalue weighted by atomic mass is 9.99. The molecule has 11 rings (SSSR count). The van der Waals surface area contributed by atoms with Crippen molar-refractivity contribution in [3.63, 3.8) is 0 Å². The van der Waals surface area contributed by atoms with Crippen LogP contribution >= 0.6 is 11.3 Å². The Kier molecular flexibility index (Phi) is 6.26. The minimum Gasteiger partial charge on any atom is -0.456 e. The standard InChI is InChI=1S/C45H29N3O2S/c1-2-10-26(11-3-1)43-46-44(48-45(47-43)28-20-22-31-29-12-4-6-18-37(29)49-39(31)25-28)27-21-23-40-36(24-27)35-17-9-16-34(42(35)51-40)33-15-8-14-32-30-13-5-7-19-38(30)50-41(32)33/h1-25,43,45,47H,(H,46,48). The Bertz CT molecular complexity index is 3010. The Morgan fingerprint density at radius 1 is 0.510 bits per heavy atom. The van der Waals surface area contributed by atoms with Crippen LogP contribution in [-0.4, -0.2) is 5.84 Å². The van der Waals surface area contributed by atoms with Crippen LogP contribution in [0.1, 0.15) is 29.0 Å². The molecule has 0 fully saturated rings. The highest BCUT2D eigenvalue weighted by molar-refractivity contribution is 7.26. The molecule has 1 aliphatic rings. The summed E-state index contributed by atoms with van der Waals surface area (Å²) in [6.45, 7) is 0. The Balaban J connectivity index is 1.04. The van der Waals surface area contributed by atoms with Gasteiger partial charge in [-0.25, -0.2) is 4.99 Å². The molecule has 1 aliphatic heterocycles. The molecule has 6 heteroatoms. The van der Waals surface area contributed by atoms with Crippen LogP contribution in [0.3, 0.4) is 0 Å². The summed E-state index contributed by atoms with van der Waals surface area (Å²) < 4.78 is 15.2. The van der Waals surface area contributed by atoms with Crippen molar-refractivity contribution < 1.29 is 8.83 Å². The van der Waals surface area contributed by atoms with Gasteiger partial charge in [0, 0.05) is 58.4 Å². The third kappa shape index (κ3) is 4.54. The maximum absolute atomic E-state index is 6.46. The molecule has 2 N–H and O–H groups in total. The molecule has 0 saturated carbocycles. The molecule has 0 saturated heterocycles. The molecule has 7 aromatic carbocycles. The van der Waals surface area contributed by atoms with E-state index >= 15 is 0 Å². The van der Waals surface area contributed by atoms with E-state index in [9.17, 15) is 0 Å². The van der Waals surface area contributed by atoms with Crippen LogP contribution in [0.25, 0.3) is 75.2 Å². The second-order valence-electron chi connectivity index (χ2n) is 13.2. The third-order valence-corrected chi connectivity index (χ3v) is 11.4. The molecule has 4 heterocycles. The molecular formula is C45H29N3O2S. The fourth-order valence-corrected chi connectivity index (χ4v) is 8.93. The number of aliphatic imine (C=N–C) groups is 1. The van der Waals surface area contributed by atoms with Gasteiger partial charge in [-0.2, -0.15) is 0 Å². The molecule has 10 aromatic rings. The summed E-state index contributed by atoms with van der Waals surface area (Å²) in [7, 11) is 0. The summed E-state index contributed by atoms with van der Waals surface area (Å²) >= 11 is 1.83. The summed E-state index contributed by atoms with van der Waals surface area (Å²) in [5, 5.41) is 14.4. The zero-order chi connectivity index (χ0) is 33.5. The first kappa shape index (κ1) is 28.6. The monoisotopic (exact) mass is 675 g/mol. The van der Waals surface area contributed by atoms with E-state index in [1.165, 1.54) is 25.7 Å². The molecule has 242 valence electrons. The maximum Gasteiger partial charge on any atom is 0.143 e. The van der Waals surface area contributed by atoms with Gasteiger partial charge >= 0.3 is 0 Å². The number of thiophene rings is 1. The highest BCUT2D eigenvalue weighted by Crippen LogP contribution is 2.44. The van der Waals surface area contributed by atoms with Crippen LogP contribution in [0.4, 0.5) is 0 Å². The van der Waals surface area contributed by atoms with E-state index in [1.807, 2.05) is 41.7 Å². The molecule has 3 aromatic heterocycles. The summed E-state index contributed by atoms with van der Waals surface area (Å²) in [5.41, 5.74) is 9.13. The number of nitrogens with zero attached hydrogens (tertiary/aromatic N) is 1. The van der Waals surface area contributed by atoms with Crippen molar-refractivity contribution in [1.82, 2.24) is 10.6 Å². The fraction of sp³-hybridized carbons (Fsp3) is 0.0444. The van der Waals surface area contributed by atoms with Gasteiger partial charge in [-0.05, 0) is 47.5 Å². The van der Waals surface area contributed by atoms with Crippen molar-refractivity contribution in [3.05, 3.63) is 168 Å². The quantitative estimate of drug-likeness (QED) is 0.195. The van der Waals surface area contributed by atoms with Crippen molar-refractivity contribution in [2.45, 2.75) is 12.3 Å². The average Bonchev–Trinajstić information content (AvgIpc) is 3.89. The molecule has 2 atom stereocenters. The van der Waals surface area contributed by atoms with Crippen molar-refractivity contribution in [2.24, 2.45) is 4.99 Å². The van der Waals surface area contributed by atoms with Gasteiger partial charge in [0.15, 0.2) is 0 Å². The van der Waals surface area contributed by atoms with Gasteiger partial charge in [0.2, 0.25) is 0 Å². The van der Waals surface area contributed by atoms with Crippen LogP contribution in [0.2, 0.25) is 0 Å². The Morgan fingerprint density at radius 2 is 1.22 bits per heavy atom. The zero-order valence-electron chi connectivity index (χ0n) is 27.3. The minimum absolute atomic E-state index is 0.138. The van der Waals surface area contributed by atoms with Crippen LogP contribution in [0, 0.1) is 0 Å². The molecule has 0 spiro atoms. The summed E-state index contributed by atoms with van der Waals surface area (Å²) in [6.07, 6.45) is -0.421. The van der Waals surface area contributed by atoms with E-state index in [2.05, 4.69) is 132 Å². The van der Waals surface area contributed by atoms with E-state index in [0.717, 1.165) is 72.0 Å². The van der Waals surface area contributed by atoms with Crippen molar-refractivity contribution in [3.8, 4) is 11.1 Å². The molecular weight excluding hydrogens is 647 g/mol. The number of amidine groups is 1. The van der Waals surface area contributed by atoms with Gasteiger partial charge in [0.1, 0.15) is 40.5 Å². The lowest BCUT2D eigenvalue weighted by Crippen LogP contribution is -2.44. The van der Waals surface area contributed by atoms with E-state index in [-0.39, 0.29) is 12.3 Å². The lowest BCUT2D eigenvalue weighted by molar-refractivity contribution is 0.409. The van der Waals surface area contributed by atoms with Crippen LogP contribution in [0.5, 0.6) is 0 Å². The van der Waals surface area contributed by atoms with Crippen molar-refractivity contribution in [2.75, 3.05) is 0 Å². The van der Waals surface area contributed by atoms with E-state index in [0.29, 0.717) is 0 Å². The van der Waals surface area contributed by atoms with E-state index in [1.54, 1.807) is 0 Å². The number of benzene rings is 7. The molecule has 5 nitrogen and oxygen atoms in total. The van der Waals surface area contributed by atoms with Crippen molar-refractivity contribution >= 4 is 81.2 Å². The molecule has 0 bridgehead atoms. The average molecular weight is 676 g/mol. The Labute approximate surface area is 296 Å².